The van der Waals surface area contributed by atoms with Crippen molar-refractivity contribution in [3.05, 3.63) is 70.3 Å². The van der Waals surface area contributed by atoms with Gasteiger partial charge < -0.3 is 4.98 Å². The van der Waals surface area contributed by atoms with Crippen molar-refractivity contribution in [3.63, 3.8) is 0 Å². The van der Waals surface area contributed by atoms with Crippen LogP contribution in [0, 0.1) is 11.3 Å². The zero-order chi connectivity index (χ0) is 22.7. The van der Waals surface area contributed by atoms with E-state index >= 15 is 0 Å². The molecule has 32 heavy (non-hydrogen) atoms. The van der Waals surface area contributed by atoms with Crippen molar-refractivity contribution in [1.29, 1.82) is 5.26 Å². The summed E-state index contributed by atoms with van der Waals surface area (Å²) in [6, 6.07) is 14.1. The van der Waals surface area contributed by atoms with Gasteiger partial charge in [-0.1, -0.05) is 37.1 Å². The van der Waals surface area contributed by atoms with Crippen LogP contribution < -0.4 is 5.56 Å². The number of benzene rings is 2. The number of hydrogen-bond donors (Lipinski definition) is 1. The number of rotatable bonds is 5. The quantitative estimate of drug-likeness (QED) is 0.596. The first kappa shape index (κ1) is 21.9. The summed E-state index contributed by atoms with van der Waals surface area (Å²) in [4.78, 5) is 32.2. The minimum atomic E-state index is -3.64. The van der Waals surface area contributed by atoms with Gasteiger partial charge in [0.05, 0.1) is 21.9 Å². The Labute approximate surface area is 185 Å². The standard InChI is InChI=1S/C23H22N4O4S/c24-15-19(22-25-20-8-4-3-7-18(20)23(29)26-22)21(28)16-9-11-17(12-10-16)32(30,31)27-13-5-1-2-6-14-27/h3-4,7-12,19H,1-2,5-6,13-14H2,(H,25,26,29)/t19-/m0/s1. The van der Waals surface area contributed by atoms with E-state index in [-0.39, 0.29) is 16.3 Å². The van der Waals surface area contributed by atoms with E-state index in [1.807, 2.05) is 6.07 Å². The third kappa shape index (κ3) is 4.20. The van der Waals surface area contributed by atoms with Crippen molar-refractivity contribution in [2.75, 3.05) is 13.1 Å². The van der Waals surface area contributed by atoms with Crippen LogP contribution in [0.25, 0.3) is 10.9 Å². The van der Waals surface area contributed by atoms with E-state index in [9.17, 15) is 23.3 Å². The molecule has 0 unspecified atom stereocenters. The third-order valence-electron chi connectivity index (χ3n) is 5.64. The number of fused-ring (bicyclic) bond motifs is 1. The Bertz CT molecular complexity index is 1350. The molecule has 0 saturated carbocycles. The molecule has 9 heteroatoms. The highest BCUT2D eigenvalue weighted by molar-refractivity contribution is 7.89. The number of nitriles is 1. The predicted octanol–water partition coefficient (Wildman–Crippen LogP) is 2.98. The van der Waals surface area contributed by atoms with Crippen LogP contribution >= 0.6 is 0 Å². The van der Waals surface area contributed by atoms with Crippen LogP contribution in [-0.2, 0) is 10.0 Å². The molecule has 1 N–H and O–H groups in total. The first-order valence-corrected chi connectivity index (χ1v) is 11.9. The first-order chi connectivity index (χ1) is 15.4. The van der Waals surface area contributed by atoms with E-state index in [4.69, 9.17) is 0 Å². The monoisotopic (exact) mass is 450 g/mol. The third-order valence-corrected chi connectivity index (χ3v) is 7.55. The summed E-state index contributed by atoms with van der Waals surface area (Å²) in [6.07, 6.45) is 3.69. The van der Waals surface area contributed by atoms with Gasteiger partial charge in [0.1, 0.15) is 5.82 Å². The van der Waals surface area contributed by atoms with E-state index in [1.54, 1.807) is 24.3 Å². The number of carbonyl (C=O) groups excluding carboxylic acids is 1. The number of sulfonamides is 1. The molecule has 1 aliphatic heterocycles. The first-order valence-electron chi connectivity index (χ1n) is 10.4. The zero-order valence-corrected chi connectivity index (χ0v) is 18.1. The topological polar surface area (TPSA) is 124 Å². The number of H-pyrrole nitrogens is 1. The molecular weight excluding hydrogens is 428 g/mol. The summed E-state index contributed by atoms with van der Waals surface area (Å²) in [5.74, 6) is -1.92. The SMILES string of the molecule is N#C[C@@H](C(=O)c1ccc(S(=O)(=O)N2CCCCCC2)cc1)c1nc2ccccc2c(=O)[nH]1. The highest BCUT2D eigenvalue weighted by atomic mass is 32.2. The van der Waals surface area contributed by atoms with Crippen molar-refractivity contribution in [2.24, 2.45) is 0 Å². The lowest BCUT2D eigenvalue weighted by atomic mass is 9.98. The Morgan fingerprint density at radius 1 is 1.03 bits per heavy atom. The summed E-state index contributed by atoms with van der Waals surface area (Å²) < 4.78 is 27.4. The van der Waals surface area contributed by atoms with Gasteiger partial charge in [0.2, 0.25) is 10.0 Å². The number of para-hydroxylation sites is 1. The van der Waals surface area contributed by atoms with Gasteiger partial charge in [-0.05, 0) is 37.1 Å². The number of aromatic amines is 1. The molecule has 0 bridgehead atoms. The van der Waals surface area contributed by atoms with Crippen molar-refractivity contribution in [2.45, 2.75) is 36.5 Å². The Morgan fingerprint density at radius 2 is 1.69 bits per heavy atom. The van der Waals surface area contributed by atoms with E-state index in [0.29, 0.717) is 24.0 Å². The van der Waals surface area contributed by atoms with E-state index in [2.05, 4.69) is 9.97 Å². The average Bonchev–Trinajstić information content (AvgIpc) is 3.10. The summed E-state index contributed by atoms with van der Waals surface area (Å²) in [7, 11) is -3.64. The fourth-order valence-corrected chi connectivity index (χ4v) is 5.39. The lowest BCUT2D eigenvalue weighted by Gasteiger charge is -2.20. The van der Waals surface area contributed by atoms with Gasteiger partial charge in [-0.2, -0.15) is 9.57 Å². The van der Waals surface area contributed by atoms with Gasteiger partial charge >= 0.3 is 0 Å². The lowest BCUT2D eigenvalue weighted by Crippen LogP contribution is -2.31. The molecule has 3 aromatic rings. The van der Waals surface area contributed by atoms with Crippen LogP contribution in [0.5, 0.6) is 0 Å². The van der Waals surface area contributed by atoms with Crippen LogP contribution in [-0.4, -0.2) is 41.6 Å². The minimum Gasteiger partial charge on any atom is -0.308 e. The van der Waals surface area contributed by atoms with Gasteiger partial charge in [0.15, 0.2) is 11.7 Å². The number of carbonyl (C=O) groups is 1. The zero-order valence-electron chi connectivity index (χ0n) is 17.3. The lowest BCUT2D eigenvalue weighted by molar-refractivity contribution is 0.0976. The minimum absolute atomic E-state index is 0.0394. The Hall–Kier alpha value is -3.35. The van der Waals surface area contributed by atoms with Gasteiger partial charge in [0.25, 0.3) is 5.56 Å². The number of hydrogen-bond acceptors (Lipinski definition) is 6. The molecule has 0 amide bonds. The maximum Gasteiger partial charge on any atom is 0.258 e. The van der Waals surface area contributed by atoms with Crippen LogP contribution in [0.1, 0.15) is 47.8 Å². The van der Waals surface area contributed by atoms with Crippen LogP contribution in [0.3, 0.4) is 0 Å². The molecule has 164 valence electrons. The van der Waals surface area contributed by atoms with Gasteiger partial charge in [0, 0.05) is 18.7 Å². The van der Waals surface area contributed by atoms with Crippen molar-refractivity contribution in [1.82, 2.24) is 14.3 Å². The second-order valence-corrected chi connectivity index (χ2v) is 9.68. The molecular formula is C23H22N4O4S. The molecule has 4 rings (SSSR count). The number of aromatic nitrogens is 2. The smallest absolute Gasteiger partial charge is 0.258 e. The van der Waals surface area contributed by atoms with Gasteiger partial charge in [-0.25, -0.2) is 13.4 Å². The maximum atomic E-state index is 13.0. The highest BCUT2D eigenvalue weighted by Gasteiger charge is 2.28. The molecule has 1 aromatic heterocycles. The number of nitrogens with one attached hydrogen (secondary N) is 1. The van der Waals surface area contributed by atoms with E-state index in [0.717, 1.165) is 25.7 Å². The second kappa shape index (κ2) is 9.02. The number of Topliss-reactive ketones (excluding diaryl/α,β-unsaturated/α-hetero) is 1. The number of ketones is 1. The molecule has 8 nitrogen and oxygen atoms in total. The van der Waals surface area contributed by atoms with Crippen LogP contribution in [0.2, 0.25) is 0 Å². The number of nitrogens with zero attached hydrogens (tertiary/aromatic N) is 3. The van der Waals surface area contributed by atoms with Crippen molar-refractivity contribution in [3.8, 4) is 6.07 Å². The van der Waals surface area contributed by atoms with E-state index in [1.165, 1.54) is 28.6 Å². The maximum absolute atomic E-state index is 13.0. The summed E-state index contributed by atoms with van der Waals surface area (Å²) >= 11 is 0. The molecule has 0 spiro atoms. The predicted molar refractivity (Wildman–Crippen MR) is 119 cm³/mol. The Balaban J connectivity index is 1.62. The molecule has 1 fully saturated rings. The fraction of sp³-hybridized carbons (Fsp3) is 0.304. The summed E-state index contributed by atoms with van der Waals surface area (Å²) in [5.41, 5.74) is 0.123. The van der Waals surface area contributed by atoms with Crippen molar-refractivity contribution >= 4 is 26.7 Å². The Morgan fingerprint density at radius 3 is 2.34 bits per heavy atom. The van der Waals surface area contributed by atoms with Crippen LogP contribution in [0.15, 0.2) is 58.2 Å². The molecule has 0 radical (unpaired) electrons. The molecule has 1 atom stereocenters. The molecule has 0 aliphatic carbocycles. The Kier molecular flexibility index (Phi) is 6.17. The largest absolute Gasteiger partial charge is 0.308 e. The molecule has 1 aliphatic rings. The fourth-order valence-electron chi connectivity index (χ4n) is 3.87. The molecule has 2 heterocycles. The van der Waals surface area contributed by atoms with Crippen molar-refractivity contribution < 1.29 is 13.2 Å². The van der Waals surface area contributed by atoms with Crippen LogP contribution in [0.4, 0.5) is 0 Å². The van der Waals surface area contributed by atoms with E-state index < -0.39 is 27.3 Å². The highest BCUT2D eigenvalue weighted by Crippen LogP contribution is 2.23. The van der Waals surface area contributed by atoms with Gasteiger partial charge in [-0.15, -0.1) is 0 Å². The molecule has 2 aromatic carbocycles. The summed E-state index contributed by atoms with van der Waals surface area (Å²) in [5, 5.41) is 9.98. The normalized spacial score (nSPS) is 16.2. The second-order valence-electron chi connectivity index (χ2n) is 7.74. The van der Waals surface area contributed by atoms with Gasteiger partial charge in [-0.3, -0.25) is 9.59 Å². The summed E-state index contributed by atoms with van der Waals surface area (Å²) in [6.45, 7) is 0.973. The average molecular weight is 451 g/mol. The molecule has 1 saturated heterocycles.